The van der Waals surface area contributed by atoms with E-state index in [0.717, 1.165) is 25.0 Å². The van der Waals surface area contributed by atoms with Crippen LogP contribution in [0.1, 0.15) is 25.7 Å². The molecule has 56 valence electrons. The SMILES string of the molecule is N=C1CCCCC1C(=S)S. The second-order valence-corrected chi connectivity index (χ2v) is 3.89. The molecular formula is C7H11NS2. The Kier molecular flexibility index (Phi) is 2.86. The molecule has 0 bridgehead atoms. The normalized spacial score (nSPS) is 26.5. The standard InChI is InChI=1S/C7H11NS2/c8-6-4-2-1-3-5(6)7(9)10/h5,8H,1-4H2,(H,9,10). The summed E-state index contributed by atoms with van der Waals surface area (Å²) in [6.45, 7) is 0. The van der Waals surface area contributed by atoms with Crippen molar-refractivity contribution in [3.8, 4) is 0 Å². The van der Waals surface area contributed by atoms with E-state index >= 15 is 0 Å². The largest absolute Gasteiger partial charge is 0.309 e. The van der Waals surface area contributed by atoms with E-state index in [9.17, 15) is 0 Å². The Bertz CT molecular complexity index is 165. The third-order valence-electron chi connectivity index (χ3n) is 1.91. The lowest BCUT2D eigenvalue weighted by Gasteiger charge is -2.20. The molecule has 0 amide bonds. The van der Waals surface area contributed by atoms with Gasteiger partial charge in [0.25, 0.3) is 0 Å². The quantitative estimate of drug-likeness (QED) is 0.462. The smallest absolute Gasteiger partial charge is 0.0535 e. The maximum Gasteiger partial charge on any atom is 0.0535 e. The van der Waals surface area contributed by atoms with Gasteiger partial charge in [-0.15, -0.1) is 12.6 Å². The Hall–Kier alpha value is 0.110. The Morgan fingerprint density at radius 3 is 2.70 bits per heavy atom. The molecule has 0 heterocycles. The predicted octanol–water partition coefficient (Wildman–Crippen LogP) is 2.45. The Morgan fingerprint density at radius 1 is 1.60 bits per heavy atom. The third-order valence-corrected chi connectivity index (χ3v) is 2.50. The average Bonchev–Trinajstić information content (AvgIpc) is 1.88. The highest BCUT2D eigenvalue weighted by Gasteiger charge is 2.20. The van der Waals surface area contributed by atoms with Crippen LogP contribution in [0.5, 0.6) is 0 Å². The Labute approximate surface area is 72.1 Å². The van der Waals surface area contributed by atoms with E-state index in [1.54, 1.807) is 0 Å². The van der Waals surface area contributed by atoms with Crippen LogP contribution in [0.2, 0.25) is 0 Å². The van der Waals surface area contributed by atoms with Crippen LogP contribution in [0.15, 0.2) is 0 Å². The van der Waals surface area contributed by atoms with E-state index in [-0.39, 0.29) is 5.92 Å². The molecule has 3 heteroatoms. The monoisotopic (exact) mass is 173 g/mol. The fraction of sp³-hybridized carbons (Fsp3) is 0.714. The molecule has 1 rings (SSSR count). The van der Waals surface area contributed by atoms with Crippen molar-refractivity contribution < 1.29 is 0 Å². The molecule has 0 spiro atoms. The van der Waals surface area contributed by atoms with Crippen LogP contribution in [0.3, 0.4) is 0 Å². The van der Waals surface area contributed by atoms with Gasteiger partial charge in [-0.3, -0.25) is 0 Å². The molecule has 0 aromatic carbocycles. The van der Waals surface area contributed by atoms with E-state index in [1.807, 2.05) is 0 Å². The van der Waals surface area contributed by atoms with Crippen molar-refractivity contribution in [2.45, 2.75) is 25.7 Å². The predicted molar refractivity (Wildman–Crippen MR) is 51.3 cm³/mol. The van der Waals surface area contributed by atoms with Crippen LogP contribution < -0.4 is 0 Å². The Morgan fingerprint density at radius 2 is 2.30 bits per heavy atom. The molecule has 1 aliphatic rings. The molecule has 1 fully saturated rings. The molecule has 0 radical (unpaired) electrons. The van der Waals surface area contributed by atoms with E-state index in [4.69, 9.17) is 17.6 Å². The summed E-state index contributed by atoms with van der Waals surface area (Å²) in [5, 5.41) is 7.54. The maximum absolute atomic E-state index is 7.54. The second-order valence-electron chi connectivity index (χ2n) is 2.66. The molecule has 0 aromatic heterocycles. The number of hydrogen-bond acceptors (Lipinski definition) is 2. The molecule has 1 N–H and O–H groups in total. The van der Waals surface area contributed by atoms with Crippen LogP contribution in [0.25, 0.3) is 0 Å². The van der Waals surface area contributed by atoms with Gasteiger partial charge in [0.2, 0.25) is 0 Å². The van der Waals surface area contributed by atoms with Gasteiger partial charge in [-0.05, 0) is 19.3 Å². The zero-order valence-corrected chi connectivity index (χ0v) is 7.47. The van der Waals surface area contributed by atoms with Gasteiger partial charge in [0.05, 0.1) is 4.20 Å². The lowest BCUT2D eigenvalue weighted by atomic mass is 9.89. The van der Waals surface area contributed by atoms with Gasteiger partial charge in [-0.2, -0.15) is 0 Å². The summed E-state index contributed by atoms with van der Waals surface area (Å²) in [5.74, 6) is 0.201. The first-order valence-electron chi connectivity index (χ1n) is 3.52. The maximum atomic E-state index is 7.54. The molecule has 0 aliphatic heterocycles. The first kappa shape index (κ1) is 8.21. The fourth-order valence-electron chi connectivity index (χ4n) is 1.28. The van der Waals surface area contributed by atoms with Gasteiger partial charge in [0.1, 0.15) is 0 Å². The number of thiocarbonyl (C=S) groups is 1. The topological polar surface area (TPSA) is 23.9 Å². The molecule has 1 atom stereocenters. The van der Waals surface area contributed by atoms with Crippen molar-refractivity contribution in [2.75, 3.05) is 0 Å². The summed E-state index contributed by atoms with van der Waals surface area (Å²) < 4.78 is 0.699. The zero-order chi connectivity index (χ0) is 7.56. The lowest BCUT2D eigenvalue weighted by Crippen LogP contribution is -2.22. The summed E-state index contributed by atoms with van der Waals surface area (Å²) >= 11 is 9.01. The minimum Gasteiger partial charge on any atom is -0.309 e. The van der Waals surface area contributed by atoms with E-state index in [2.05, 4.69) is 12.6 Å². The summed E-state index contributed by atoms with van der Waals surface area (Å²) in [5.41, 5.74) is 0.784. The van der Waals surface area contributed by atoms with Gasteiger partial charge < -0.3 is 5.41 Å². The summed E-state index contributed by atoms with van der Waals surface area (Å²) in [6.07, 6.45) is 4.33. The molecule has 1 unspecified atom stereocenters. The molecule has 0 aromatic rings. The minimum atomic E-state index is 0.201. The molecule has 1 saturated carbocycles. The molecule has 10 heavy (non-hydrogen) atoms. The number of nitrogens with one attached hydrogen (secondary N) is 1. The molecular weight excluding hydrogens is 162 g/mol. The molecule has 1 nitrogen and oxygen atoms in total. The fourth-order valence-corrected chi connectivity index (χ4v) is 1.83. The highest BCUT2D eigenvalue weighted by molar-refractivity contribution is 8.11. The zero-order valence-electron chi connectivity index (χ0n) is 5.76. The van der Waals surface area contributed by atoms with Crippen molar-refractivity contribution in [1.29, 1.82) is 5.41 Å². The second kappa shape index (κ2) is 3.49. The Balaban J connectivity index is 2.56. The van der Waals surface area contributed by atoms with Gasteiger partial charge in [0.15, 0.2) is 0 Å². The van der Waals surface area contributed by atoms with Gasteiger partial charge >= 0.3 is 0 Å². The van der Waals surface area contributed by atoms with Crippen LogP contribution in [-0.2, 0) is 0 Å². The lowest BCUT2D eigenvalue weighted by molar-refractivity contribution is 0.616. The van der Waals surface area contributed by atoms with Gasteiger partial charge in [-0.25, -0.2) is 0 Å². The van der Waals surface area contributed by atoms with Crippen molar-refractivity contribution >= 4 is 34.8 Å². The summed E-state index contributed by atoms with van der Waals surface area (Å²) in [4.78, 5) is 0. The highest BCUT2D eigenvalue weighted by Crippen LogP contribution is 2.23. The van der Waals surface area contributed by atoms with Crippen molar-refractivity contribution in [3.63, 3.8) is 0 Å². The van der Waals surface area contributed by atoms with Gasteiger partial charge in [-0.1, -0.05) is 18.6 Å². The first-order valence-corrected chi connectivity index (χ1v) is 4.37. The van der Waals surface area contributed by atoms with Crippen molar-refractivity contribution in [1.82, 2.24) is 0 Å². The first-order chi connectivity index (χ1) is 4.72. The van der Waals surface area contributed by atoms with Crippen molar-refractivity contribution in [2.24, 2.45) is 5.92 Å². The number of rotatable bonds is 1. The van der Waals surface area contributed by atoms with Gasteiger partial charge in [0, 0.05) is 11.6 Å². The van der Waals surface area contributed by atoms with Crippen LogP contribution in [0.4, 0.5) is 0 Å². The minimum absolute atomic E-state index is 0.201. The van der Waals surface area contributed by atoms with E-state index in [0.29, 0.717) is 4.20 Å². The highest BCUT2D eigenvalue weighted by atomic mass is 32.1. The van der Waals surface area contributed by atoms with E-state index in [1.165, 1.54) is 6.42 Å². The number of thiol groups is 1. The third kappa shape index (κ3) is 1.80. The summed E-state index contributed by atoms with van der Waals surface area (Å²) in [6, 6.07) is 0. The van der Waals surface area contributed by atoms with E-state index < -0.39 is 0 Å². The molecule has 1 aliphatic carbocycles. The number of hydrogen-bond donors (Lipinski definition) is 2. The summed E-state index contributed by atoms with van der Waals surface area (Å²) in [7, 11) is 0. The van der Waals surface area contributed by atoms with Crippen LogP contribution in [-0.4, -0.2) is 9.91 Å². The average molecular weight is 173 g/mol. The van der Waals surface area contributed by atoms with Crippen molar-refractivity contribution in [3.05, 3.63) is 0 Å². The molecule has 0 saturated heterocycles. The van der Waals surface area contributed by atoms with Crippen LogP contribution in [0, 0.1) is 11.3 Å². The van der Waals surface area contributed by atoms with Crippen LogP contribution >= 0.6 is 24.8 Å².